The molecule has 2 aliphatic heterocycles. The maximum absolute atomic E-state index is 15.3. The Kier molecular flexibility index (Phi) is 8.53. The molecule has 0 aromatic heterocycles. The lowest BCUT2D eigenvalue weighted by Crippen LogP contribution is -2.60. The first-order chi connectivity index (χ1) is 17.6. The smallest absolute Gasteiger partial charge is 0.414 e. The fourth-order valence-corrected chi connectivity index (χ4v) is 5.44. The standard InChI is InChI=1S/C23H25Cl2FN6O4S/c1-13(33)28-10-15-11-32(23(35)36-15)14-2-5-20(19(26)8-14)31-7-6-30(12-21(31)29-22(27)34)37-16-3-4-17(24)18(25)9-16/h2-5,8-9,15,21H,6-7,10-12H2,1H3,(H,28,33)(H3,27,29,34). The third kappa shape index (κ3) is 6.69. The topological polar surface area (TPSA) is 120 Å². The largest absolute Gasteiger partial charge is 0.442 e. The van der Waals surface area contributed by atoms with E-state index in [1.54, 1.807) is 29.2 Å². The van der Waals surface area contributed by atoms with Gasteiger partial charge in [0.25, 0.3) is 0 Å². The number of ether oxygens (including phenoxy) is 1. The van der Waals surface area contributed by atoms with Crippen molar-refractivity contribution in [2.75, 3.05) is 42.5 Å². The Hall–Kier alpha value is -2.93. The second kappa shape index (κ2) is 11.6. The van der Waals surface area contributed by atoms with Crippen LogP contribution < -0.4 is 26.2 Å². The summed E-state index contributed by atoms with van der Waals surface area (Å²) in [7, 11) is 0. The molecule has 0 aliphatic carbocycles. The number of piperazine rings is 1. The summed E-state index contributed by atoms with van der Waals surface area (Å²) >= 11 is 13.6. The van der Waals surface area contributed by atoms with Gasteiger partial charge in [-0.05, 0) is 48.3 Å². The van der Waals surface area contributed by atoms with Gasteiger partial charge in [-0.3, -0.25) is 9.69 Å². The molecule has 4 N–H and O–H groups in total. The normalized spacial score (nSPS) is 20.1. The third-order valence-corrected chi connectivity index (χ3v) is 7.58. The molecule has 198 valence electrons. The van der Waals surface area contributed by atoms with Crippen LogP contribution in [0.2, 0.25) is 10.0 Å². The SMILES string of the molecule is CC(=O)NCC1CN(c2ccc(N3CCN(Sc4ccc(Cl)c(Cl)c4)CC3NC(N)=O)c(F)c2)C(=O)O1. The Labute approximate surface area is 227 Å². The summed E-state index contributed by atoms with van der Waals surface area (Å²) in [5, 5.41) is 6.16. The molecule has 0 saturated carbocycles. The van der Waals surface area contributed by atoms with E-state index in [2.05, 4.69) is 10.6 Å². The van der Waals surface area contributed by atoms with E-state index in [0.717, 1.165) is 4.90 Å². The van der Waals surface area contributed by atoms with Crippen LogP contribution in [0.1, 0.15) is 6.92 Å². The van der Waals surface area contributed by atoms with Crippen LogP contribution in [0.15, 0.2) is 41.3 Å². The summed E-state index contributed by atoms with van der Waals surface area (Å²) in [5.74, 6) is -0.808. The van der Waals surface area contributed by atoms with Crippen LogP contribution in [-0.4, -0.2) is 67.3 Å². The van der Waals surface area contributed by atoms with Gasteiger partial charge in [0.1, 0.15) is 18.1 Å². The number of primary amides is 1. The quantitative estimate of drug-likeness (QED) is 0.436. The van der Waals surface area contributed by atoms with Crippen molar-refractivity contribution in [2.45, 2.75) is 24.1 Å². The van der Waals surface area contributed by atoms with Crippen LogP contribution in [-0.2, 0) is 9.53 Å². The van der Waals surface area contributed by atoms with Crippen molar-refractivity contribution < 1.29 is 23.5 Å². The third-order valence-electron chi connectivity index (χ3n) is 5.78. The summed E-state index contributed by atoms with van der Waals surface area (Å²) in [6.45, 7) is 3.00. The Morgan fingerprint density at radius 1 is 1.16 bits per heavy atom. The van der Waals surface area contributed by atoms with Crippen LogP contribution in [0, 0.1) is 5.82 Å². The van der Waals surface area contributed by atoms with Gasteiger partial charge < -0.3 is 26.0 Å². The highest BCUT2D eigenvalue weighted by atomic mass is 35.5. The van der Waals surface area contributed by atoms with Crippen molar-refractivity contribution in [1.29, 1.82) is 0 Å². The monoisotopic (exact) mass is 570 g/mol. The van der Waals surface area contributed by atoms with Crippen molar-refractivity contribution in [1.82, 2.24) is 14.9 Å². The number of amides is 4. The molecule has 14 heteroatoms. The number of urea groups is 1. The minimum absolute atomic E-state index is 0.170. The fraction of sp³-hybridized carbons (Fsp3) is 0.348. The van der Waals surface area contributed by atoms with Gasteiger partial charge in [0.15, 0.2) is 0 Å². The lowest BCUT2D eigenvalue weighted by molar-refractivity contribution is -0.119. The maximum Gasteiger partial charge on any atom is 0.414 e. The summed E-state index contributed by atoms with van der Waals surface area (Å²) in [6.07, 6.45) is -1.77. The van der Waals surface area contributed by atoms with Gasteiger partial charge in [0, 0.05) is 31.5 Å². The minimum Gasteiger partial charge on any atom is -0.442 e. The molecule has 10 nitrogen and oxygen atoms in total. The van der Waals surface area contributed by atoms with E-state index >= 15 is 4.39 Å². The number of nitrogens with two attached hydrogens (primary N) is 1. The number of hydrogen-bond acceptors (Lipinski definition) is 7. The van der Waals surface area contributed by atoms with Gasteiger partial charge in [-0.25, -0.2) is 18.3 Å². The van der Waals surface area contributed by atoms with Gasteiger partial charge in [-0.1, -0.05) is 23.2 Å². The van der Waals surface area contributed by atoms with Gasteiger partial charge in [-0.15, -0.1) is 0 Å². The zero-order chi connectivity index (χ0) is 26.7. The summed E-state index contributed by atoms with van der Waals surface area (Å²) < 4.78 is 22.6. The molecule has 2 saturated heterocycles. The highest BCUT2D eigenvalue weighted by molar-refractivity contribution is 7.97. The lowest BCUT2D eigenvalue weighted by atomic mass is 10.2. The molecule has 2 aromatic rings. The maximum atomic E-state index is 15.3. The molecule has 2 unspecified atom stereocenters. The second-order valence-corrected chi connectivity index (χ2v) is 10.4. The van der Waals surface area contributed by atoms with E-state index in [1.165, 1.54) is 29.8 Å². The molecule has 2 aliphatic rings. The van der Waals surface area contributed by atoms with E-state index in [9.17, 15) is 14.4 Å². The summed E-state index contributed by atoms with van der Waals surface area (Å²) in [5.41, 5.74) is 5.98. The molecule has 4 rings (SSSR count). The molecule has 0 radical (unpaired) electrons. The van der Waals surface area contributed by atoms with Crippen molar-refractivity contribution >= 4 is 64.6 Å². The predicted octanol–water partition coefficient (Wildman–Crippen LogP) is 3.42. The molecule has 4 amide bonds. The average Bonchev–Trinajstić information content (AvgIpc) is 3.21. The van der Waals surface area contributed by atoms with Crippen LogP contribution >= 0.6 is 35.1 Å². The Bertz CT molecular complexity index is 1210. The molecule has 2 fully saturated rings. The zero-order valence-corrected chi connectivity index (χ0v) is 22.1. The fourth-order valence-electron chi connectivity index (χ4n) is 4.09. The number of halogens is 3. The van der Waals surface area contributed by atoms with Crippen molar-refractivity contribution in [3.05, 3.63) is 52.3 Å². The van der Waals surface area contributed by atoms with Crippen molar-refractivity contribution in [3.8, 4) is 0 Å². The van der Waals surface area contributed by atoms with E-state index in [4.69, 9.17) is 33.7 Å². The summed E-state index contributed by atoms with van der Waals surface area (Å²) in [4.78, 5) is 39.0. The number of benzene rings is 2. The van der Waals surface area contributed by atoms with Crippen molar-refractivity contribution in [2.24, 2.45) is 5.73 Å². The van der Waals surface area contributed by atoms with E-state index in [0.29, 0.717) is 35.4 Å². The highest BCUT2D eigenvalue weighted by Gasteiger charge is 2.34. The molecule has 2 heterocycles. The number of hydrogen-bond donors (Lipinski definition) is 3. The summed E-state index contributed by atoms with van der Waals surface area (Å²) in [6, 6.07) is 8.96. The number of nitrogens with one attached hydrogen (secondary N) is 2. The van der Waals surface area contributed by atoms with Gasteiger partial charge in [0.2, 0.25) is 5.91 Å². The molecular weight excluding hydrogens is 546 g/mol. The molecular formula is C23H25Cl2FN6O4S. The number of carbonyl (C=O) groups excluding carboxylic acids is 3. The number of nitrogens with zero attached hydrogens (tertiary/aromatic N) is 3. The Morgan fingerprint density at radius 3 is 2.62 bits per heavy atom. The van der Waals surface area contributed by atoms with Gasteiger partial charge in [0.05, 0.1) is 34.5 Å². The van der Waals surface area contributed by atoms with E-state index in [-0.39, 0.29) is 24.7 Å². The first-order valence-corrected chi connectivity index (χ1v) is 12.9. The van der Waals surface area contributed by atoms with Crippen LogP contribution in [0.5, 0.6) is 0 Å². The minimum atomic E-state index is -0.738. The molecule has 2 atom stereocenters. The number of anilines is 2. The lowest BCUT2D eigenvalue weighted by Gasteiger charge is -2.42. The van der Waals surface area contributed by atoms with Crippen LogP contribution in [0.4, 0.5) is 25.4 Å². The number of rotatable bonds is 7. The van der Waals surface area contributed by atoms with Gasteiger partial charge >= 0.3 is 12.1 Å². The molecule has 2 aromatic carbocycles. The van der Waals surface area contributed by atoms with E-state index in [1.807, 2.05) is 10.4 Å². The van der Waals surface area contributed by atoms with Crippen LogP contribution in [0.3, 0.4) is 0 Å². The molecule has 0 bridgehead atoms. The first kappa shape index (κ1) is 27.1. The number of carbonyl (C=O) groups is 3. The highest BCUT2D eigenvalue weighted by Crippen LogP contribution is 2.33. The van der Waals surface area contributed by atoms with Crippen LogP contribution in [0.25, 0.3) is 0 Å². The Morgan fingerprint density at radius 2 is 1.95 bits per heavy atom. The number of cyclic esters (lactones) is 1. The molecule has 37 heavy (non-hydrogen) atoms. The predicted molar refractivity (Wildman–Crippen MR) is 140 cm³/mol. The molecule has 0 spiro atoms. The van der Waals surface area contributed by atoms with Gasteiger partial charge in [-0.2, -0.15) is 0 Å². The average molecular weight is 571 g/mol. The zero-order valence-electron chi connectivity index (χ0n) is 19.7. The Balaban J connectivity index is 1.47. The second-order valence-electron chi connectivity index (χ2n) is 8.46. The van der Waals surface area contributed by atoms with E-state index < -0.39 is 30.2 Å². The van der Waals surface area contributed by atoms with Crippen molar-refractivity contribution in [3.63, 3.8) is 0 Å². The first-order valence-electron chi connectivity index (χ1n) is 11.3.